The third-order valence-electron chi connectivity index (χ3n) is 2.77. The first kappa shape index (κ1) is 16.9. The lowest BCUT2D eigenvalue weighted by Gasteiger charge is -2.14. The van der Waals surface area contributed by atoms with Gasteiger partial charge in [-0.3, -0.25) is 5.41 Å². The zero-order valence-electron chi connectivity index (χ0n) is 12.0. The fraction of sp³-hybridized carbons (Fsp3) is 0.846. The van der Waals surface area contributed by atoms with Crippen molar-refractivity contribution in [3.8, 4) is 0 Å². The van der Waals surface area contributed by atoms with Gasteiger partial charge < -0.3 is 18.9 Å². The summed E-state index contributed by atoms with van der Waals surface area (Å²) >= 11 is 3.70. The van der Waals surface area contributed by atoms with E-state index in [-0.39, 0.29) is 19.1 Å². The number of nitrogens with one attached hydrogen (secondary N) is 1. The summed E-state index contributed by atoms with van der Waals surface area (Å²) in [5.74, 6) is 1.75. The Morgan fingerprint density at radius 1 is 1.19 bits per heavy atom. The van der Waals surface area contributed by atoms with Crippen LogP contribution in [0.25, 0.3) is 0 Å². The maximum atomic E-state index is 11.6. The molecule has 0 saturated carbocycles. The molecular formula is C13H21NO5S2. The van der Waals surface area contributed by atoms with Gasteiger partial charge >= 0.3 is 5.97 Å². The normalized spacial score (nSPS) is 24.2. The second kappa shape index (κ2) is 8.87. The van der Waals surface area contributed by atoms with Crippen molar-refractivity contribution in [1.82, 2.24) is 0 Å². The molecule has 2 heterocycles. The second-order valence-corrected chi connectivity index (χ2v) is 7.52. The van der Waals surface area contributed by atoms with E-state index in [4.69, 9.17) is 24.4 Å². The van der Waals surface area contributed by atoms with Crippen LogP contribution in [0.5, 0.6) is 0 Å². The minimum absolute atomic E-state index is 0.0490. The molecule has 21 heavy (non-hydrogen) atoms. The standard InChI is InChI=1S/C13H21NO5S2/c1-9(19-12(14)6-17-5-11-8-21-11)13(15)18-3-2-16-4-10-7-20-10/h9-11,14H,2-8H2,1H3. The highest BCUT2D eigenvalue weighted by Gasteiger charge is 2.23. The predicted molar refractivity (Wildman–Crippen MR) is 83.4 cm³/mol. The molecule has 0 aromatic carbocycles. The number of carbonyl (C=O) groups excluding carboxylic acids is 1. The Balaban J connectivity index is 1.45. The fourth-order valence-electron chi connectivity index (χ4n) is 1.44. The van der Waals surface area contributed by atoms with Gasteiger partial charge in [0.2, 0.25) is 5.90 Å². The first-order valence-electron chi connectivity index (χ1n) is 6.94. The molecule has 2 fully saturated rings. The largest absolute Gasteiger partial charge is 0.464 e. The van der Waals surface area contributed by atoms with Crippen LogP contribution in [-0.2, 0) is 23.7 Å². The van der Waals surface area contributed by atoms with Crippen LogP contribution in [0.15, 0.2) is 0 Å². The van der Waals surface area contributed by atoms with Gasteiger partial charge in [-0.05, 0) is 6.92 Å². The Labute approximate surface area is 133 Å². The van der Waals surface area contributed by atoms with Gasteiger partial charge in [0, 0.05) is 22.0 Å². The zero-order chi connectivity index (χ0) is 15.1. The number of thioether (sulfide) groups is 2. The number of rotatable bonds is 11. The molecule has 0 aromatic heterocycles. The van der Waals surface area contributed by atoms with Gasteiger partial charge in [-0.2, -0.15) is 23.5 Å². The van der Waals surface area contributed by atoms with Crippen LogP contribution in [0.2, 0.25) is 0 Å². The Hall–Kier alpha value is -0.440. The van der Waals surface area contributed by atoms with Crippen molar-refractivity contribution in [1.29, 1.82) is 5.41 Å². The van der Waals surface area contributed by atoms with E-state index in [9.17, 15) is 4.79 Å². The van der Waals surface area contributed by atoms with Gasteiger partial charge in [-0.25, -0.2) is 4.79 Å². The highest BCUT2D eigenvalue weighted by molar-refractivity contribution is 8.07. The summed E-state index contributed by atoms with van der Waals surface area (Å²) in [6, 6.07) is 0. The van der Waals surface area contributed by atoms with Crippen LogP contribution in [0.1, 0.15) is 6.92 Å². The van der Waals surface area contributed by atoms with E-state index in [1.807, 2.05) is 23.5 Å². The molecule has 0 bridgehead atoms. The molecule has 2 aliphatic heterocycles. The first-order valence-corrected chi connectivity index (χ1v) is 9.04. The maximum absolute atomic E-state index is 11.6. The molecule has 120 valence electrons. The van der Waals surface area contributed by atoms with E-state index in [0.29, 0.717) is 23.7 Å². The average Bonchev–Trinajstić information content (AvgIpc) is 3.32. The van der Waals surface area contributed by atoms with E-state index in [1.54, 1.807) is 6.92 Å². The molecule has 2 rings (SSSR count). The maximum Gasteiger partial charge on any atom is 0.347 e. The number of hydrogen-bond donors (Lipinski definition) is 1. The lowest BCUT2D eigenvalue weighted by atomic mass is 10.4. The molecule has 3 atom stereocenters. The summed E-state index contributed by atoms with van der Waals surface area (Å²) in [5.41, 5.74) is 0. The Bertz CT molecular complexity index is 360. The Morgan fingerprint density at radius 3 is 2.43 bits per heavy atom. The predicted octanol–water partition coefficient (Wildman–Crippen LogP) is 1.18. The topological polar surface area (TPSA) is 77.8 Å². The third kappa shape index (κ3) is 7.94. The highest BCUT2D eigenvalue weighted by Crippen LogP contribution is 2.30. The van der Waals surface area contributed by atoms with Crippen molar-refractivity contribution in [3.63, 3.8) is 0 Å². The van der Waals surface area contributed by atoms with Gasteiger partial charge in [0.05, 0.1) is 19.8 Å². The van der Waals surface area contributed by atoms with Crippen LogP contribution in [0.3, 0.4) is 0 Å². The quantitative estimate of drug-likeness (QED) is 0.200. The summed E-state index contributed by atoms with van der Waals surface area (Å²) in [4.78, 5) is 11.6. The lowest BCUT2D eigenvalue weighted by molar-refractivity contribution is -0.153. The molecule has 8 heteroatoms. The minimum atomic E-state index is -0.796. The summed E-state index contributed by atoms with van der Waals surface area (Å²) in [7, 11) is 0. The van der Waals surface area contributed by atoms with Gasteiger partial charge in [-0.1, -0.05) is 0 Å². The number of esters is 1. The van der Waals surface area contributed by atoms with Crippen molar-refractivity contribution < 1.29 is 23.7 Å². The number of carbonyl (C=O) groups is 1. The monoisotopic (exact) mass is 335 g/mol. The van der Waals surface area contributed by atoms with E-state index in [0.717, 1.165) is 18.1 Å². The molecule has 0 amide bonds. The smallest absolute Gasteiger partial charge is 0.347 e. The van der Waals surface area contributed by atoms with E-state index in [1.165, 1.54) is 0 Å². The van der Waals surface area contributed by atoms with Gasteiger partial charge in [0.15, 0.2) is 6.10 Å². The molecule has 2 aliphatic rings. The minimum Gasteiger partial charge on any atom is -0.464 e. The first-order chi connectivity index (χ1) is 10.1. The second-order valence-electron chi connectivity index (χ2n) is 4.85. The Morgan fingerprint density at radius 2 is 1.81 bits per heavy atom. The van der Waals surface area contributed by atoms with Crippen molar-refractivity contribution in [2.24, 2.45) is 0 Å². The fourth-order valence-corrected chi connectivity index (χ4v) is 2.29. The average molecular weight is 335 g/mol. The molecule has 0 aliphatic carbocycles. The summed E-state index contributed by atoms with van der Waals surface area (Å²) in [6.07, 6.45) is -0.796. The summed E-state index contributed by atoms with van der Waals surface area (Å²) in [6.45, 7) is 3.62. The van der Waals surface area contributed by atoms with E-state index in [2.05, 4.69) is 0 Å². The molecule has 0 aromatic rings. The van der Waals surface area contributed by atoms with Crippen LogP contribution < -0.4 is 0 Å². The van der Waals surface area contributed by atoms with Crippen LogP contribution >= 0.6 is 23.5 Å². The van der Waals surface area contributed by atoms with Crippen LogP contribution in [0.4, 0.5) is 0 Å². The van der Waals surface area contributed by atoms with Crippen molar-refractivity contribution in [3.05, 3.63) is 0 Å². The number of ether oxygens (including phenoxy) is 4. The molecule has 6 nitrogen and oxygen atoms in total. The highest BCUT2D eigenvalue weighted by atomic mass is 32.2. The van der Waals surface area contributed by atoms with Crippen molar-refractivity contribution in [2.45, 2.75) is 23.5 Å². The van der Waals surface area contributed by atoms with Crippen molar-refractivity contribution >= 4 is 35.4 Å². The van der Waals surface area contributed by atoms with Gasteiger partial charge in [0.1, 0.15) is 13.2 Å². The molecule has 0 radical (unpaired) electrons. The van der Waals surface area contributed by atoms with E-state index < -0.39 is 12.1 Å². The van der Waals surface area contributed by atoms with E-state index >= 15 is 0 Å². The summed E-state index contributed by atoms with van der Waals surface area (Å²) < 4.78 is 20.8. The third-order valence-corrected chi connectivity index (χ3v) is 4.65. The lowest BCUT2D eigenvalue weighted by Crippen LogP contribution is -2.29. The molecule has 2 saturated heterocycles. The van der Waals surface area contributed by atoms with Gasteiger partial charge in [0.25, 0.3) is 0 Å². The van der Waals surface area contributed by atoms with Crippen LogP contribution in [-0.4, -0.2) is 73.0 Å². The summed E-state index contributed by atoms with van der Waals surface area (Å²) in [5, 5.41) is 8.77. The molecular weight excluding hydrogens is 314 g/mol. The molecule has 1 N–H and O–H groups in total. The number of hydrogen-bond acceptors (Lipinski definition) is 8. The Kier molecular flexibility index (Phi) is 7.15. The zero-order valence-corrected chi connectivity index (χ0v) is 13.7. The van der Waals surface area contributed by atoms with Crippen molar-refractivity contribution in [2.75, 3.05) is 44.5 Å². The SMILES string of the molecule is CC(OC(=N)COCC1CS1)C(=O)OCCOCC1CS1. The molecule has 3 unspecified atom stereocenters. The molecule has 0 spiro atoms. The van der Waals surface area contributed by atoms with Crippen LogP contribution in [0, 0.1) is 5.41 Å². The van der Waals surface area contributed by atoms with Gasteiger partial charge in [-0.15, -0.1) is 0 Å².